The third kappa shape index (κ3) is 2.23. The molecule has 0 saturated heterocycles. The van der Waals surface area contributed by atoms with Gasteiger partial charge in [-0.25, -0.2) is 0 Å². The molecule has 110 valence electrons. The van der Waals surface area contributed by atoms with Gasteiger partial charge in [0.25, 0.3) is 0 Å². The van der Waals surface area contributed by atoms with Gasteiger partial charge in [0.1, 0.15) is 5.75 Å². The van der Waals surface area contributed by atoms with Crippen LogP contribution in [0.4, 0.5) is 0 Å². The van der Waals surface area contributed by atoms with Crippen molar-refractivity contribution in [1.82, 2.24) is 0 Å². The first-order valence-electron chi connectivity index (χ1n) is 7.31. The Morgan fingerprint density at radius 1 is 0.905 bits per heavy atom. The van der Waals surface area contributed by atoms with E-state index in [0.717, 1.165) is 23.1 Å². The number of aromatic hydroxyl groups is 3. The highest BCUT2D eigenvalue weighted by Gasteiger charge is 2.35. The van der Waals surface area contributed by atoms with E-state index in [1.54, 1.807) is 18.2 Å². The molecule has 1 aliphatic rings. The van der Waals surface area contributed by atoms with Crippen LogP contribution in [0.3, 0.4) is 0 Å². The van der Waals surface area contributed by atoms with Crippen molar-refractivity contribution in [3.63, 3.8) is 0 Å². The van der Waals surface area contributed by atoms with E-state index in [-0.39, 0.29) is 23.2 Å². The van der Waals surface area contributed by atoms with E-state index >= 15 is 0 Å². The molecule has 3 N–H and O–H groups in total. The Hall–Kier alpha value is -2.16. The monoisotopic (exact) mass is 284 g/mol. The molecule has 21 heavy (non-hydrogen) atoms. The Morgan fingerprint density at radius 3 is 2.24 bits per heavy atom. The van der Waals surface area contributed by atoms with Crippen LogP contribution in [0, 0.1) is 11.8 Å². The zero-order chi connectivity index (χ0) is 15.1. The molecular formula is C18H20O3. The van der Waals surface area contributed by atoms with Crippen LogP contribution in [-0.2, 0) is 6.42 Å². The zero-order valence-electron chi connectivity index (χ0n) is 12.2. The first-order chi connectivity index (χ1) is 9.99. The van der Waals surface area contributed by atoms with Gasteiger partial charge >= 0.3 is 0 Å². The Kier molecular flexibility index (Phi) is 3.28. The predicted molar refractivity (Wildman–Crippen MR) is 81.8 cm³/mol. The van der Waals surface area contributed by atoms with Crippen LogP contribution >= 0.6 is 0 Å². The standard InChI is InChI=1S/C18H20O3/c1-10-9-13-5-8-15(20)18(21)17(13)16(11(10)2)12-3-6-14(19)7-4-12/h3-8,10-11,16,19-21H,9H2,1-2H3. The highest BCUT2D eigenvalue weighted by atomic mass is 16.3. The largest absolute Gasteiger partial charge is 0.508 e. The quantitative estimate of drug-likeness (QED) is 0.699. The molecule has 3 heteroatoms. The summed E-state index contributed by atoms with van der Waals surface area (Å²) in [5.74, 6) is 1.01. The molecule has 1 aliphatic carbocycles. The van der Waals surface area contributed by atoms with Gasteiger partial charge in [-0.1, -0.05) is 32.0 Å². The summed E-state index contributed by atoms with van der Waals surface area (Å²) < 4.78 is 0. The van der Waals surface area contributed by atoms with E-state index in [1.165, 1.54) is 0 Å². The van der Waals surface area contributed by atoms with Gasteiger partial charge in [-0.2, -0.15) is 0 Å². The highest BCUT2D eigenvalue weighted by Crippen LogP contribution is 2.49. The minimum Gasteiger partial charge on any atom is -0.508 e. The summed E-state index contributed by atoms with van der Waals surface area (Å²) in [6.45, 7) is 4.39. The van der Waals surface area contributed by atoms with E-state index < -0.39 is 0 Å². The van der Waals surface area contributed by atoms with Crippen molar-refractivity contribution < 1.29 is 15.3 Å². The van der Waals surface area contributed by atoms with Crippen LogP contribution in [-0.4, -0.2) is 15.3 Å². The van der Waals surface area contributed by atoms with E-state index in [4.69, 9.17) is 0 Å². The van der Waals surface area contributed by atoms with Gasteiger partial charge in [-0.3, -0.25) is 0 Å². The molecule has 0 amide bonds. The van der Waals surface area contributed by atoms with Gasteiger partial charge in [0.2, 0.25) is 0 Å². The lowest BCUT2D eigenvalue weighted by molar-refractivity contribution is 0.312. The lowest BCUT2D eigenvalue weighted by atomic mass is 9.67. The average Bonchev–Trinajstić information content (AvgIpc) is 2.46. The maximum Gasteiger partial charge on any atom is 0.161 e. The van der Waals surface area contributed by atoms with Crippen LogP contribution in [0.25, 0.3) is 0 Å². The molecule has 0 aromatic heterocycles. The fraction of sp³-hybridized carbons (Fsp3) is 0.333. The normalized spacial score (nSPS) is 24.6. The van der Waals surface area contributed by atoms with Crippen molar-refractivity contribution in [2.75, 3.05) is 0 Å². The van der Waals surface area contributed by atoms with E-state index in [9.17, 15) is 15.3 Å². The fourth-order valence-electron chi connectivity index (χ4n) is 3.44. The van der Waals surface area contributed by atoms with Gasteiger partial charge in [0, 0.05) is 11.5 Å². The van der Waals surface area contributed by atoms with Gasteiger partial charge in [-0.05, 0) is 47.6 Å². The Balaban J connectivity index is 2.19. The van der Waals surface area contributed by atoms with Crippen molar-refractivity contribution in [3.8, 4) is 17.2 Å². The molecule has 0 saturated carbocycles. The van der Waals surface area contributed by atoms with E-state index in [1.807, 2.05) is 18.2 Å². The minimum absolute atomic E-state index is 0.00988. The smallest absolute Gasteiger partial charge is 0.161 e. The Labute approximate surface area is 124 Å². The van der Waals surface area contributed by atoms with Crippen molar-refractivity contribution in [2.24, 2.45) is 11.8 Å². The van der Waals surface area contributed by atoms with Crippen molar-refractivity contribution in [3.05, 3.63) is 53.1 Å². The molecule has 0 aliphatic heterocycles. The number of hydrogen-bond donors (Lipinski definition) is 3. The van der Waals surface area contributed by atoms with E-state index in [2.05, 4.69) is 13.8 Å². The zero-order valence-corrected chi connectivity index (χ0v) is 12.2. The lowest BCUT2D eigenvalue weighted by Crippen LogP contribution is -2.26. The van der Waals surface area contributed by atoms with Crippen LogP contribution in [0.2, 0.25) is 0 Å². The van der Waals surface area contributed by atoms with Crippen LogP contribution < -0.4 is 0 Å². The Bertz CT molecular complexity index is 661. The molecule has 0 bridgehead atoms. The molecule has 0 spiro atoms. The summed E-state index contributed by atoms with van der Waals surface area (Å²) in [6.07, 6.45) is 0.902. The maximum absolute atomic E-state index is 10.3. The highest BCUT2D eigenvalue weighted by molar-refractivity contribution is 5.55. The minimum atomic E-state index is -0.0701. The molecule has 3 atom stereocenters. The molecule has 2 aromatic rings. The second-order valence-corrected chi connectivity index (χ2v) is 6.12. The molecule has 0 fully saturated rings. The first-order valence-corrected chi connectivity index (χ1v) is 7.31. The number of fused-ring (bicyclic) bond motifs is 1. The van der Waals surface area contributed by atoms with E-state index in [0.29, 0.717) is 11.8 Å². The summed E-state index contributed by atoms with van der Waals surface area (Å²) in [5, 5.41) is 29.7. The van der Waals surface area contributed by atoms with Gasteiger partial charge in [0.15, 0.2) is 11.5 Å². The number of hydrogen-bond acceptors (Lipinski definition) is 3. The second kappa shape index (κ2) is 4.99. The molecule has 3 rings (SSSR count). The van der Waals surface area contributed by atoms with Crippen LogP contribution in [0.1, 0.15) is 36.5 Å². The van der Waals surface area contributed by atoms with Crippen LogP contribution in [0.5, 0.6) is 17.2 Å². The summed E-state index contributed by atoms with van der Waals surface area (Å²) in [5.41, 5.74) is 2.97. The number of rotatable bonds is 1. The summed E-state index contributed by atoms with van der Waals surface area (Å²) in [4.78, 5) is 0. The Morgan fingerprint density at radius 2 is 1.57 bits per heavy atom. The van der Waals surface area contributed by atoms with Gasteiger partial charge in [0.05, 0.1) is 0 Å². The average molecular weight is 284 g/mol. The third-order valence-electron chi connectivity index (χ3n) is 4.81. The SMILES string of the molecule is CC1Cc2ccc(O)c(O)c2C(c2ccc(O)cc2)C1C. The third-order valence-corrected chi connectivity index (χ3v) is 4.81. The molecular weight excluding hydrogens is 264 g/mol. The molecule has 3 unspecified atom stereocenters. The van der Waals surface area contributed by atoms with Gasteiger partial charge in [-0.15, -0.1) is 0 Å². The molecule has 0 heterocycles. The number of phenolic OH excluding ortho intramolecular Hbond substituents is 3. The van der Waals surface area contributed by atoms with Crippen molar-refractivity contribution >= 4 is 0 Å². The summed E-state index contributed by atoms with van der Waals surface area (Å²) in [7, 11) is 0. The van der Waals surface area contributed by atoms with Crippen LogP contribution in [0.15, 0.2) is 36.4 Å². The molecule has 3 nitrogen and oxygen atoms in total. The maximum atomic E-state index is 10.3. The van der Waals surface area contributed by atoms with Gasteiger partial charge < -0.3 is 15.3 Å². The molecule has 2 aromatic carbocycles. The fourth-order valence-corrected chi connectivity index (χ4v) is 3.44. The lowest BCUT2D eigenvalue weighted by Gasteiger charge is -2.37. The number of benzene rings is 2. The molecule has 0 radical (unpaired) electrons. The second-order valence-electron chi connectivity index (χ2n) is 6.12. The number of phenols is 3. The summed E-state index contributed by atoms with van der Waals surface area (Å²) in [6, 6.07) is 10.6. The summed E-state index contributed by atoms with van der Waals surface area (Å²) >= 11 is 0. The topological polar surface area (TPSA) is 60.7 Å². The predicted octanol–water partition coefficient (Wildman–Crippen LogP) is 3.76. The van der Waals surface area contributed by atoms with Crippen molar-refractivity contribution in [1.29, 1.82) is 0 Å². The van der Waals surface area contributed by atoms with Crippen molar-refractivity contribution in [2.45, 2.75) is 26.2 Å². The first kappa shape index (κ1) is 13.8.